The van der Waals surface area contributed by atoms with Gasteiger partial charge in [0, 0.05) is 21.2 Å². The van der Waals surface area contributed by atoms with Crippen molar-refractivity contribution >= 4 is 28.1 Å². The molecule has 1 aromatic heterocycles. The summed E-state index contributed by atoms with van der Waals surface area (Å²) in [5.74, 6) is -0.813. The molecule has 130 valence electrons. The lowest BCUT2D eigenvalue weighted by atomic mass is 9.89. The van der Waals surface area contributed by atoms with E-state index in [-0.39, 0.29) is 5.56 Å². The normalized spacial score (nSPS) is 12.7. The van der Waals surface area contributed by atoms with Gasteiger partial charge in [-0.1, -0.05) is 40.2 Å². The second-order valence-corrected chi connectivity index (χ2v) is 6.86. The van der Waals surface area contributed by atoms with Crippen LogP contribution in [0.15, 0.2) is 52.0 Å². The topological polar surface area (TPSA) is 70.1 Å². The molecular formula is C19H14BrFN4O. The molecule has 26 heavy (non-hydrogen) atoms. The summed E-state index contributed by atoms with van der Waals surface area (Å²) in [6.45, 7) is 0. The quantitative estimate of drug-likeness (QED) is 0.506. The van der Waals surface area contributed by atoms with Gasteiger partial charge in [0.25, 0.3) is 5.91 Å². The van der Waals surface area contributed by atoms with Crippen molar-refractivity contribution in [2.24, 2.45) is 5.10 Å². The standard InChI is InChI=1S/C19H14BrFN4O/c20-13-6-8-16(21)12(9-13)10-22-25-19(26)18-15-7-5-11-3-1-2-4-14(11)17(15)23-24-18/h1-4,6,8-10H,5,7H2,(H,23,24)(H,25,26). The molecule has 7 heteroatoms. The molecule has 0 fully saturated rings. The highest BCUT2D eigenvalue weighted by Crippen LogP contribution is 2.33. The zero-order valence-corrected chi connectivity index (χ0v) is 15.2. The van der Waals surface area contributed by atoms with E-state index < -0.39 is 11.7 Å². The third-order valence-corrected chi connectivity index (χ3v) is 4.83. The highest BCUT2D eigenvalue weighted by atomic mass is 79.9. The first-order chi connectivity index (χ1) is 12.6. The molecule has 0 saturated carbocycles. The zero-order chi connectivity index (χ0) is 18.1. The van der Waals surface area contributed by atoms with Gasteiger partial charge in [-0.05, 0) is 36.6 Å². The van der Waals surface area contributed by atoms with Gasteiger partial charge in [-0.3, -0.25) is 9.89 Å². The van der Waals surface area contributed by atoms with Crippen molar-refractivity contribution < 1.29 is 9.18 Å². The number of fused-ring (bicyclic) bond motifs is 3. The molecule has 0 radical (unpaired) electrons. The van der Waals surface area contributed by atoms with Gasteiger partial charge in [-0.15, -0.1) is 0 Å². The molecule has 0 bridgehead atoms. The molecule has 0 atom stereocenters. The number of aromatic nitrogens is 2. The van der Waals surface area contributed by atoms with Gasteiger partial charge in [0.2, 0.25) is 0 Å². The maximum atomic E-state index is 13.7. The minimum Gasteiger partial charge on any atom is -0.272 e. The molecule has 4 rings (SSSR count). The summed E-state index contributed by atoms with van der Waals surface area (Å²) < 4.78 is 14.4. The number of amides is 1. The van der Waals surface area contributed by atoms with Crippen LogP contribution < -0.4 is 5.43 Å². The maximum Gasteiger partial charge on any atom is 0.289 e. The van der Waals surface area contributed by atoms with Crippen molar-refractivity contribution in [1.29, 1.82) is 0 Å². The molecule has 1 aliphatic carbocycles. The average Bonchev–Trinajstić information content (AvgIpc) is 3.09. The van der Waals surface area contributed by atoms with Gasteiger partial charge in [0.15, 0.2) is 0 Å². The molecule has 0 spiro atoms. The van der Waals surface area contributed by atoms with E-state index in [1.54, 1.807) is 12.1 Å². The van der Waals surface area contributed by atoms with E-state index in [0.717, 1.165) is 34.1 Å². The van der Waals surface area contributed by atoms with Crippen LogP contribution >= 0.6 is 15.9 Å². The molecule has 0 saturated heterocycles. The lowest BCUT2D eigenvalue weighted by Crippen LogP contribution is -2.20. The van der Waals surface area contributed by atoms with E-state index in [1.165, 1.54) is 17.8 Å². The number of H-pyrrole nitrogens is 1. The number of aryl methyl sites for hydroxylation is 1. The smallest absolute Gasteiger partial charge is 0.272 e. The van der Waals surface area contributed by atoms with Gasteiger partial charge in [0.05, 0.1) is 11.9 Å². The fraction of sp³-hybridized carbons (Fsp3) is 0.105. The Balaban J connectivity index is 1.55. The third-order valence-electron chi connectivity index (χ3n) is 4.34. The summed E-state index contributed by atoms with van der Waals surface area (Å²) in [5, 5.41) is 11.0. The number of aromatic amines is 1. The van der Waals surface area contributed by atoms with Crippen LogP contribution in [0.25, 0.3) is 11.3 Å². The Kier molecular flexibility index (Phi) is 4.38. The maximum absolute atomic E-state index is 13.7. The van der Waals surface area contributed by atoms with Gasteiger partial charge in [0.1, 0.15) is 11.5 Å². The molecule has 1 aliphatic rings. The predicted octanol–water partition coefficient (Wildman–Crippen LogP) is 3.84. The second kappa shape index (κ2) is 6.84. The van der Waals surface area contributed by atoms with Crippen LogP contribution in [0.5, 0.6) is 0 Å². The molecule has 1 heterocycles. The molecule has 0 unspecified atom stereocenters. The monoisotopic (exact) mass is 412 g/mol. The van der Waals surface area contributed by atoms with Crippen LogP contribution in [-0.2, 0) is 12.8 Å². The number of benzene rings is 2. The fourth-order valence-corrected chi connectivity index (χ4v) is 3.46. The van der Waals surface area contributed by atoms with Crippen molar-refractivity contribution in [2.75, 3.05) is 0 Å². The highest BCUT2D eigenvalue weighted by Gasteiger charge is 2.24. The minimum absolute atomic E-state index is 0.278. The van der Waals surface area contributed by atoms with Gasteiger partial charge < -0.3 is 0 Å². The summed E-state index contributed by atoms with van der Waals surface area (Å²) in [6.07, 6.45) is 2.86. The number of hydrazone groups is 1. The first-order valence-electron chi connectivity index (χ1n) is 8.07. The van der Waals surface area contributed by atoms with Crippen LogP contribution in [0.2, 0.25) is 0 Å². The number of hydrogen-bond acceptors (Lipinski definition) is 3. The van der Waals surface area contributed by atoms with E-state index in [1.807, 2.05) is 18.2 Å². The molecule has 1 amide bonds. The van der Waals surface area contributed by atoms with Crippen molar-refractivity contribution in [1.82, 2.24) is 15.6 Å². The lowest BCUT2D eigenvalue weighted by molar-refractivity contribution is 0.0949. The molecule has 2 aromatic carbocycles. The number of hydrogen-bond donors (Lipinski definition) is 2. The van der Waals surface area contributed by atoms with Crippen molar-refractivity contribution in [3.63, 3.8) is 0 Å². The summed E-state index contributed by atoms with van der Waals surface area (Å²) in [5.41, 5.74) is 7.05. The van der Waals surface area contributed by atoms with Crippen LogP contribution in [0.4, 0.5) is 4.39 Å². The zero-order valence-electron chi connectivity index (χ0n) is 13.6. The first kappa shape index (κ1) is 16.7. The van der Waals surface area contributed by atoms with Crippen LogP contribution in [0.3, 0.4) is 0 Å². The van der Waals surface area contributed by atoms with Crippen molar-refractivity contribution in [3.05, 3.63) is 75.1 Å². The number of carbonyl (C=O) groups is 1. The molecular weight excluding hydrogens is 399 g/mol. The van der Waals surface area contributed by atoms with Gasteiger partial charge in [-0.2, -0.15) is 10.2 Å². The van der Waals surface area contributed by atoms with Crippen molar-refractivity contribution in [3.8, 4) is 11.3 Å². The summed E-state index contributed by atoms with van der Waals surface area (Å²) in [7, 11) is 0. The van der Waals surface area contributed by atoms with Crippen molar-refractivity contribution in [2.45, 2.75) is 12.8 Å². The predicted molar refractivity (Wildman–Crippen MR) is 101 cm³/mol. The van der Waals surface area contributed by atoms with E-state index >= 15 is 0 Å². The Hall–Kier alpha value is -2.80. The minimum atomic E-state index is -0.415. The Morgan fingerprint density at radius 2 is 2.12 bits per heavy atom. The molecule has 3 aromatic rings. The fourth-order valence-electron chi connectivity index (χ4n) is 3.08. The largest absolute Gasteiger partial charge is 0.289 e. The Morgan fingerprint density at radius 1 is 1.27 bits per heavy atom. The summed E-state index contributed by atoms with van der Waals surface area (Å²) in [4.78, 5) is 12.4. The number of nitrogens with zero attached hydrogens (tertiary/aromatic N) is 2. The van der Waals surface area contributed by atoms with E-state index in [0.29, 0.717) is 5.69 Å². The number of carbonyl (C=O) groups excluding carboxylic acids is 1. The molecule has 5 nitrogen and oxygen atoms in total. The molecule has 2 N–H and O–H groups in total. The van der Waals surface area contributed by atoms with E-state index in [2.05, 4.69) is 42.7 Å². The Bertz CT molecular complexity index is 1030. The number of rotatable bonds is 3. The molecule has 0 aliphatic heterocycles. The first-order valence-corrected chi connectivity index (χ1v) is 8.87. The van der Waals surface area contributed by atoms with E-state index in [4.69, 9.17) is 0 Å². The SMILES string of the molecule is O=C(NN=Cc1cc(Br)ccc1F)c1[nH]nc2c1CCc1ccccc1-2. The van der Waals surface area contributed by atoms with Crippen LogP contribution in [0.1, 0.15) is 27.2 Å². The highest BCUT2D eigenvalue weighted by molar-refractivity contribution is 9.10. The number of nitrogens with one attached hydrogen (secondary N) is 2. The van der Waals surface area contributed by atoms with E-state index in [9.17, 15) is 9.18 Å². The summed E-state index contributed by atoms with van der Waals surface area (Å²) in [6, 6.07) is 12.5. The van der Waals surface area contributed by atoms with Crippen LogP contribution in [0, 0.1) is 5.82 Å². The van der Waals surface area contributed by atoms with Gasteiger partial charge in [-0.25, -0.2) is 9.82 Å². The van der Waals surface area contributed by atoms with Crippen LogP contribution in [-0.4, -0.2) is 22.3 Å². The third kappa shape index (κ3) is 3.06. The lowest BCUT2D eigenvalue weighted by Gasteiger charge is -2.15. The summed E-state index contributed by atoms with van der Waals surface area (Å²) >= 11 is 3.27. The Morgan fingerprint density at radius 3 is 3.00 bits per heavy atom. The second-order valence-electron chi connectivity index (χ2n) is 5.95. The average molecular weight is 413 g/mol. The van der Waals surface area contributed by atoms with Gasteiger partial charge >= 0.3 is 0 Å². The Labute approximate surface area is 157 Å². The number of halogens is 2.